The molecule has 0 aromatic carbocycles. The first-order valence-corrected chi connectivity index (χ1v) is 31.0. The summed E-state index contributed by atoms with van der Waals surface area (Å²) in [5.41, 5.74) is 2.58. The molecule has 6 heterocycles. The number of carbonyl (C=O) groups excluding carboxylic acids is 2. The van der Waals surface area contributed by atoms with Crippen LogP contribution >= 0.6 is 60.0 Å². The Morgan fingerprint density at radius 1 is 0.659 bits per heavy atom. The molecule has 3 N–H and O–H groups in total. The number of nitrogens with zero attached hydrogens (tertiary/aromatic N) is 4. The van der Waals surface area contributed by atoms with Gasteiger partial charge in [-0.2, -0.15) is 0 Å². The smallest absolute Gasteiger partial charge is 0.491 e. The fourth-order valence-corrected chi connectivity index (χ4v) is 9.60. The highest BCUT2D eigenvalue weighted by molar-refractivity contribution is 9.15. The highest BCUT2D eigenvalue weighted by Crippen LogP contribution is 2.44. The molecule has 2 aromatic heterocycles. The van der Waals surface area contributed by atoms with Crippen molar-refractivity contribution in [2.45, 2.75) is 149 Å². The third kappa shape index (κ3) is 18.6. The van der Waals surface area contributed by atoms with Crippen molar-refractivity contribution in [1.82, 2.24) is 9.80 Å². The van der Waals surface area contributed by atoms with Gasteiger partial charge in [0.2, 0.25) is 5.91 Å². The third-order valence-corrected chi connectivity index (χ3v) is 18.4. The van der Waals surface area contributed by atoms with Gasteiger partial charge in [0, 0.05) is 110 Å². The predicted molar refractivity (Wildman–Crippen MR) is 362 cm³/mol. The number of hydrogen-bond acceptors (Lipinski definition) is 20. The minimum absolute atomic E-state index is 0.0168. The molecule has 10 rings (SSSR count). The summed E-state index contributed by atoms with van der Waals surface area (Å²) in [5.74, 6) is 3.70. The van der Waals surface area contributed by atoms with Gasteiger partial charge in [0.05, 0.1) is 64.2 Å². The third-order valence-electron chi connectivity index (χ3n) is 16.0. The van der Waals surface area contributed by atoms with Crippen LogP contribution in [-0.2, 0) is 59.8 Å². The average molecular weight is 1430 g/mol. The molecule has 0 saturated carbocycles. The molecule has 3 saturated heterocycles. The van der Waals surface area contributed by atoms with Crippen LogP contribution in [-0.4, -0.2) is 163 Å². The zero-order valence-corrected chi connectivity index (χ0v) is 60.4. The molecule has 3 fully saturated rings. The molecule has 0 bridgehead atoms. The number of fused-ring (bicyclic) bond motifs is 2. The van der Waals surface area contributed by atoms with Crippen LogP contribution in [0.4, 0.5) is 11.8 Å². The van der Waals surface area contributed by atoms with Crippen LogP contribution in [0.15, 0.2) is 107 Å². The minimum atomic E-state index is -1.50. The number of allylic oxidation sites excluding steroid dienone is 9. The molecular formula is C60H86B4Br3N4O16S. The molecule has 4 aliphatic heterocycles. The van der Waals surface area contributed by atoms with Gasteiger partial charge in [-0.25, -0.2) is 4.79 Å². The number of rotatable bonds is 6. The molecule has 20 nitrogen and oxygen atoms in total. The van der Waals surface area contributed by atoms with Gasteiger partial charge in [-0.15, -0.1) is 0 Å². The van der Waals surface area contributed by atoms with E-state index in [9.17, 15) is 29.5 Å². The lowest BCUT2D eigenvalue weighted by Crippen LogP contribution is -2.41. The first-order chi connectivity index (χ1) is 40.3. The molecule has 1 amide bonds. The SMILES string of the molecule is C=C1C=C(N(C)C)OC2=C1CC=C2B(O)O.CC(=O)N(C)C.CC1(C)OB(B2OC(C)(C)C(C)(C)O2)OC1(C)C.CC1(C)O[B]OC1(C)C.CN(C)c1cc(=O)c2c(o1)C(Br)=CC2.CN(C)c1cc(=S)c2c(o1)C(Br)=CC2.COC(=O)C1=C(O)C(Br)=CC1. The normalized spacial score (nSPS) is 20.0. The zero-order chi connectivity index (χ0) is 67.1. The molecule has 4 aliphatic carbocycles. The number of esters is 1. The van der Waals surface area contributed by atoms with Crippen LogP contribution in [0.5, 0.6) is 0 Å². The quantitative estimate of drug-likeness (QED) is 0.139. The molecule has 0 atom stereocenters. The maximum atomic E-state index is 11.6. The van der Waals surface area contributed by atoms with E-state index in [0.29, 0.717) is 58.1 Å². The Bertz CT molecular complexity index is 3120. The lowest BCUT2D eigenvalue weighted by Gasteiger charge is -2.32. The van der Waals surface area contributed by atoms with Crippen molar-refractivity contribution in [1.29, 1.82) is 0 Å². The summed E-state index contributed by atoms with van der Waals surface area (Å²) in [4.78, 5) is 39.6. The maximum absolute atomic E-state index is 11.6. The number of aliphatic hydroxyl groups excluding tert-OH is 1. The Morgan fingerprint density at radius 3 is 1.44 bits per heavy atom. The summed E-state index contributed by atoms with van der Waals surface area (Å²) in [6.45, 7) is 29.7. The Kier molecular flexibility index (Phi) is 26.2. The van der Waals surface area contributed by atoms with Crippen molar-refractivity contribution in [2.24, 2.45) is 0 Å². The molecule has 28 heteroatoms. The summed E-state index contributed by atoms with van der Waals surface area (Å²) in [5, 5.41) is 27.6. The van der Waals surface area contributed by atoms with Crippen molar-refractivity contribution in [3.63, 3.8) is 0 Å². The van der Waals surface area contributed by atoms with E-state index in [2.05, 4.69) is 65.2 Å². The van der Waals surface area contributed by atoms with Crippen LogP contribution in [0.1, 0.15) is 125 Å². The van der Waals surface area contributed by atoms with E-state index in [-0.39, 0.29) is 50.7 Å². The molecule has 481 valence electrons. The van der Waals surface area contributed by atoms with Gasteiger partial charge in [0.15, 0.2) is 28.8 Å². The summed E-state index contributed by atoms with van der Waals surface area (Å²) in [6, 6.07) is 3.42. The van der Waals surface area contributed by atoms with Gasteiger partial charge in [-0.1, -0.05) is 43.1 Å². The van der Waals surface area contributed by atoms with Crippen molar-refractivity contribution >= 4 is 121 Å². The summed E-state index contributed by atoms with van der Waals surface area (Å²) in [6.07, 6.45) is 11.9. The highest BCUT2D eigenvalue weighted by atomic mass is 79.9. The molecule has 0 spiro atoms. The Balaban J connectivity index is 0.000000224. The molecular weight excluding hydrogens is 1350 g/mol. The largest absolute Gasteiger partial charge is 0.506 e. The molecule has 2 aromatic rings. The lowest BCUT2D eigenvalue weighted by molar-refractivity contribution is -0.136. The summed E-state index contributed by atoms with van der Waals surface area (Å²) < 4.78 is 58.9. The molecule has 1 radical (unpaired) electrons. The van der Waals surface area contributed by atoms with Gasteiger partial charge in [0.1, 0.15) is 17.3 Å². The van der Waals surface area contributed by atoms with Crippen molar-refractivity contribution < 1.29 is 71.0 Å². The van der Waals surface area contributed by atoms with E-state index < -0.39 is 27.1 Å². The Morgan fingerprint density at radius 2 is 1.08 bits per heavy atom. The van der Waals surface area contributed by atoms with E-state index >= 15 is 0 Å². The monoisotopic (exact) mass is 1430 g/mol. The highest BCUT2D eigenvalue weighted by Gasteiger charge is 2.63. The van der Waals surface area contributed by atoms with E-state index in [0.717, 1.165) is 53.8 Å². The van der Waals surface area contributed by atoms with Crippen LogP contribution in [0, 0.1) is 4.51 Å². The number of anilines is 2. The van der Waals surface area contributed by atoms with Crippen LogP contribution in [0.2, 0.25) is 0 Å². The average Bonchev–Trinajstić information content (AvgIpc) is 1.93. The second kappa shape index (κ2) is 30.3. The molecule has 0 unspecified atom stereocenters. The second-order valence-electron chi connectivity index (χ2n) is 25.0. The van der Waals surface area contributed by atoms with Crippen molar-refractivity contribution in [2.75, 3.05) is 73.3 Å². The number of amides is 1. The van der Waals surface area contributed by atoms with E-state index in [1.165, 1.54) is 32.7 Å². The van der Waals surface area contributed by atoms with Gasteiger partial charge in [0.25, 0.3) is 0 Å². The number of methoxy groups -OCH3 is 1. The Labute approximate surface area is 551 Å². The fourth-order valence-electron chi connectivity index (χ4n) is 7.96. The standard InChI is InChI=1S/C12H24B2O4.C11H14BNO3.C10H10BrNO2.C10H10BrNOS.C7H7BrO3.C6H12BO2.C4H9NO/c1-9(2)10(3,4)16-13(15-9)14-17-11(5,6)12(7,8)18-14;1-7-6-10(13(2)3)16-11-8(7)4-5-9(11)12(14)15;1-12(2)9-5-8(13)6-3-4-7(11)10(6)14-9;1-12(2)9-5-8(14)6-3-4-7(11)10(6)13-9;1-11-7(10)4-2-3-5(8)6(4)9;1-5(2)6(3,4)9-7-8-5;1-4(6)5(2)3/h1-8H3;5-6,14-15H,1,4H2,2-3H3;2*4-5H,3H2,1-2H3;3,9H,2H2,1H3;1-4H3;1-3H3. The van der Waals surface area contributed by atoms with Crippen LogP contribution in [0.25, 0.3) is 8.96 Å². The second-order valence-corrected chi connectivity index (χ2v) is 28.0. The van der Waals surface area contributed by atoms with Crippen LogP contribution in [0.3, 0.4) is 0 Å². The van der Waals surface area contributed by atoms with Gasteiger partial charge in [-0.05, 0) is 156 Å². The maximum Gasteiger partial charge on any atom is 0.491 e. The number of ether oxygens (including phenoxy) is 2. The van der Waals surface area contributed by atoms with E-state index in [1.807, 2.05) is 153 Å². The number of hydrogen-bond donors (Lipinski definition) is 3. The topological polar surface area (TPSA) is 225 Å². The number of carbonyl (C=O) groups is 2. The zero-order valence-electron chi connectivity index (χ0n) is 54.9. The summed E-state index contributed by atoms with van der Waals surface area (Å²) in [7, 11) is 15.0. The van der Waals surface area contributed by atoms with Crippen LogP contribution < -0.4 is 15.2 Å². The molecule has 88 heavy (non-hydrogen) atoms. The van der Waals surface area contributed by atoms with E-state index in [4.69, 9.17) is 53.7 Å². The van der Waals surface area contributed by atoms with Gasteiger partial charge in [-0.3, -0.25) is 9.59 Å². The number of aliphatic hydroxyl groups is 1. The minimum Gasteiger partial charge on any atom is -0.506 e. The predicted octanol–water partition coefficient (Wildman–Crippen LogP) is 11.1. The van der Waals surface area contributed by atoms with Gasteiger partial charge >= 0.3 is 34.8 Å². The Hall–Kier alpha value is -4.44. The summed E-state index contributed by atoms with van der Waals surface area (Å²) >= 11 is 15.2. The fraction of sp³-hybridized carbons (Fsp3) is 0.533. The number of halogens is 3. The lowest BCUT2D eigenvalue weighted by atomic mass is 9.49. The first-order valence-electron chi connectivity index (χ1n) is 28.2. The van der Waals surface area contributed by atoms with Crippen molar-refractivity contribution in [3.8, 4) is 0 Å². The van der Waals surface area contributed by atoms with Gasteiger partial charge < -0.3 is 81.0 Å². The van der Waals surface area contributed by atoms with Crippen molar-refractivity contribution in [3.05, 3.63) is 131 Å². The van der Waals surface area contributed by atoms with E-state index in [1.54, 1.807) is 31.1 Å². The first kappa shape index (κ1) is 76.0. The molecule has 8 aliphatic rings.